The van der Waals surface area contributed by atoms with Crippen LogP contribution >= 0.6 is 0 Å². The fraction of sp³-hybridized carbons (Fsp3) is 0.0690. The predicted octanol–water partition coefficient (Wildman–Crippen LogP) is 8.27. The monoisotopic (exact) mass is 443 g/mol. The summed E-state index contributed by atoms with van der Waals surface area (Å²) in [5.74, 6) is 0. The molecule has 0 bridgehead atoms. The zero-order valence-corrected chi connectivity index (χ0v) is 19.8. The molecule has 0 aliphatic rings. The van der Waals surface area contributed by atoms with Gasteiger partial charge in [0, 0.05) is 0 Å². The van der Waals surface area contributed by atoms with Gasteiger partial charge in [0.05, 0.1) is 0 Å². The quantitative estimate of drug-likeness (QED) is 0.263. The van der Waals surface area contributed by atoms with Gasteiger partial charge >= 0.3 is 69.9 Å². The minimum absolute atomic E-state index is 1.07. The molecule has 31 heavy (non-hydrogen) atoms. The number of aryl methyl sites for hydroxylation is 2. The molecule has 0 amide bonds. The van der Waals surface area contributed by atoms with Gasteiger partial charge < -0.3 is 0 Å². The van der Waals surface area contributed by atoms with Crippen molar-refractivity contribution >= 4 is 5.69 Å². The van der Waals surface area contributed by atoms with Gasteiger partial charge in [-0.1, -0.05) is 18.2 Å². The van der Waals surface area contributed by atoms with Gasteiger partial charge in [-0.05, 0) is 0 Å². The van der Waals surface area contributed by atoms with Crippen molar-refractivity contribution in [2.24, 2.45) is 3.79 Å². The second kappa shape index (κ2) is 15.7. The van der Waals surface area contributed by atoms with Crippen LogP contribution in [0.1, 0.15) is 27.8 Å². The predicted molar refractivity (Wildman–Crippen MR) is 131 cm³/mol. The average molecular weight is 444 g/mol. The summed E-state index contributed by atoms with van der Waals surface area (Å²) >= 11 is 2.25. The van der Waals surface area contributed by atoms with E-state index in [1.165, 1.54) is 11.1 Å². The van der Waals surface area contributed by atoms with Crippen molar-refractivity contribution in [3.05, 3.63) is 158 Å². The van der Waals surface area contributed by atoms with E-state index in [1.54, 1.807) is 0 Å². The maximum atomic E-state index is 4.11. The number of benzene rings is 4. The van der Waals surface area contributed by atoms with Crippen LogP contribution in [0.2, 0.25) is 0 Å². The van der Waals surface area contributed by atoms with Gasteiger partial charge in [0.2, 0.25) is 0 Å². The van der Waals surface area contributed by atoms with E-state index in [4.69, 9.17) is 0 Å². The topological polar surface area (TPSA) is 12.4 Å². The van der Waals surface area contributed by atoms with Gasteiger partial charge in [-0.25, -0.2) is 0 Å². The Labute approximate surface area is 198 Å². The number of hydrogen-bond donors (Lipinski definition) is 0. The van der Waals surface area contributed by atoms with Crippen molar-refractivity contribution < 1.29 is 17.2 Å². The largest absolute Gasteiger partial charge is 0.199 e. The van der Waals surface area contributed by atoms with Crippen LogP contribution in [-0.4, -0.2) is 0 Å². The zero-order valence-electron chi connectivity index (χ0n) is 18.4. The molecule has 0 saturated heterocycles. The summed E-state index contributed by atoms with van der Waals surface area (Å²) in [6.45, 7) is 15.3. The summed E-state index contributed by atoms with van der Waals surface area (Å²) in [6, 6.07) is 35.8. The van der Waals surface area contributed by atoms with E-state index in [-0.39, 0.29) is 0 Å². The van der Waals surface area contributed by atoms with Gasteiger partial charge in [0.1, 0.15) is 0 Å². The van der Waals surface area contributed by atoms with Crippen molar-refractivity contribution in [3.63, 3.8) is 0 Å². The third kappa shape index (κ3) is 12.2. The fourth-order valence-electron chi connectivity index (χ4n) is 2.40. The van der Waals surface area contributed by atoms with Crippen LogP contribution in [-0.2, 0) is 17.2 Å². The molecule has 0 heterocycles. The van der Waals surface area contributed by atoms with Crippen LogP contribution in [0.4, 0.5) is 5.69 Å². The molecule has 0 unspecified atom stereocenters. The van der Waals surface area contributed by atoms with Crippen LogP contribution in [0.5, 0.6) is 0 Å². The molecule has 159 valence electrons. The van der Waals surface area contributed by atoms with Gasteiger partial charge in [0.25, 0.3) is 0 Å². The average Bonchev–Trinajstić information content (AvgIpc) is 2.77. The maximum Gasteiger partial charge on any atom is -0.0866 e. The maximum absolute atomic E-state index is 4.11. The summed E-state index contributed by atoms with van der Waals surface area (Å²) in [5.41, 5.74) is 6.79. The fourth-order valence-corrected chi connectivity index (χ4v) is 2.89. The van der Waals surface area contributed by atoms with Crippen LogP contribution in [0.15, 0.2) is 113 Å². The van der Waals surface area contributed by atoms with Crippen molar-refractivity contribution in [1.29, 1.82) is 0 Å². The molecular formula is C29H30NV-3. The Balaban J connectivity index is 0.000000209. The molecule has 1 nitrogen and oxygen atoms in total. The van der Waals surface area contributed by atoms with E-state index in [9.17, 15) is 0 Å². The van der Waals surface area contributed by atoms with E-state index in [0.717, 1.165) is 22.4 Å². The molecule has 0 radical (unpaired) electrons. The summed E-state index contributed by atoms with van der Waals surface area (Å²) in [7, 11) is 0. The molecule has 2 heteroatoms. The van der Waals surface area contributed by atoms with Crippen molar-refractivity contribution in [1.82, 2.24) is 0 Å². The Kier molecular flexibility index (Phi) is 13.1. The van der Waals surface area contributed by atoms with Gasteiger partial charge in [-0.15, -0.1) is 36.4 Å². The zero-order chi connectivity index (χ0) is 22.9. The molecule has 0 fully saturated rings. The Morgan fingerprint density at radius 1 is 0.484 bits per heavy atom. The molecule has 0 saturated carbocycles. The molecular weight excluding hydrogens is 413 g/mol. The second-order valence-corrected chi connectivity index (χ2v) is 7.11. The van der Waals surface area contributed by atoms with Gasteiger partial charge in [0.15, 0.2) is 0 Å². The molecule has 0 aromatic heterocycles. The second-order valence-electron chi connectivity index (χ2n) is 6.80. The first-order chi connectivity index (χ1) is 14.9. The Morgan fingerprint density at radius 3 is 0.935 bits per heavy atom. The normalized spacial score (nSPS) is 8.81. The third-order valence-corrected chi connectivity index (χ3v) is 4.38. The SMILES string of the molecule is Cc1cccc(C)c1[N]=[V].[CH2-]c1ccccc1.[CH2-]c1ccccc1.[CH2-]c1ccccc1. The van der Waals surface area contributed by atoms with Crippen LogP contribution < -0.4 is 0 Å². The van der Waals surface area contributed by atoms with E-state index >= 15 is 0 Å². The molecule has 4 aromatic rings. The molecule has 0 aliphatic heterocycles. The third-order valence-electron chi connectivity index (χ3n) is 4.07. The van der Waals surface area contributed by atoms with E-state index in [2.05, 4.69) is 67.8 Å². The summed E-state index contributed by atoms with van der Waals surface area (Å²) in [6.07, 6.45) is 0. The number of hydrogen-bond acceptors (Lipinski definition) is 1. The Hall–Kier alpha value is -3.13. The molecule has 4 aromatic carbocycles. The minimum atomic E-state index is 1.07. The summed E-state index contributed by atoms with van der Waals surface area (Å²) in [4.78, 5) is 0. The van der Waals surface area contributed by atoms with Crippen LogP contribution in [0, 0.1) is 34.6 Å². The van der Waals surface area contributed by atoms with E-state index in [0.29, 0.717) is 0 Å². The van der Waals surface area contributed by atoms with Crippen molar-refractivity contribution in [2.75, 3.05) is 0 Å². The first-order valence-corrected chi connectivity index (χ1v) is 10.6. The standard InChI is InChI=1S/C8H9N.3C7H7.V/c1-6-4-3-5-7(2)8(6)9;3*1-7-5-3-2-4-6-7;/h3-5H,1-2H3;3*2-6H,1H2;/q;3*-1;. The Bertz CT molecular complexity index is 871. The molecule has 0 atom stereocenters. The summed E-state index contributed by atoms with van der Waals surface area (Å²) in [5, 5.41) is 0. The molecule has 0 spiro atoms. The van der Waals surface area contributed by atoms with E-state index in [1.807, 2.05) is 97.1 Å². The van der Waals surface area contributed by atoms with Crippen molar-refractivity contribution in [2.45, 2.75) is 13.8 Å². The molecule has 0 N–H and O–H groups in total. The van der Waals surface area contributed by atoms with Crippen LogP contribution in [0.25, 0.3) is 0 Å². The smallest absolute Gasteiger partial charge is 0.0866 e. The summed E-state index contributed by atoms with van der Waals surface area (Å²) < 4.78 is 4.11. The molecule has 4 rings (SSSR count). The number of rotatable bonds is 1. The van der Waals surface area contributed by atoms with Gasteiger partial charge in [-0.3, -0.25) is 0 Å². The minimum Gasteiger partial charge on any atom is -0.199 e. The number of nitrogens with zero attached hydrogens (tertiary/aromatic N) is 1. The Morgan fingerprint density at radius 2 is 0.774 bits per heavy atom. The first-order valence-electron chi connectivity index (χ1n) is 9.96. The first kappa shape index (κ1) is 25.9. The van der Waals surface area contributed by atoms with E-state index < -0.39 is 0 Å². The molecule has 0 aliphatic carbocycles. The van der Waals surface area contributed by atoms with Crippen LogP contribution in [0.3, 0.4) is 0 Å². The van der Waals surface area contributed by atoms with Gasteiger partial charge in [-0.2, -0.15) is 73.9 Å². The van der Waals surface area contributed by atoms with Crippen molar-refractivity contribution in [3.8, 4) is 0 Å².